The van der Waals surface area contributed by atoms with Crippen LogP contribution in [0, 0.1) is 0 Å². The van der Waals surface area contributed by atoms with E-state index < -0.39 is 5.69 Å². The summed E-state index contributed by atoms with van der Waals surface area (Å²) < 4.78 is 2.47. The van der Waals surface area contributed by atoms with Gasteiger partial charge in [-0.05, 0) is 6.07 Å². The van der Waals surface area contributed by atoms with E-state index in [-0.39, 0.29) is 5.56 Å². The minimum atomic E-state index is -0.408. The summed E-state index contributed by atoms with van der Waals surface area (Å²) in [5, 5.41) is 0.371. The minimum Gasteiger partial charge on any atom is -0.345 e. The Bertz CT molecular complexity index is 1190. The predicted octanol–water partition coefficient (Wildman–Crippen LogP) is 1.69. The van der Waals surface area contributed by atoms with Crippen molar-refractivity contribution in [3.63, 3.8) is 0 Å². The van der Waals surface area contributed by atoms with E-state index in [9.17, 15) is 9.59 Å². The highest BCUT2D eigenvalue weighted by atomic mass is 16.2. The maximum atomic E-state index is 12.5. The topological polar surface area (TPSA) is 85.6 Å². The highest BCUT2D eigenvalue weighted by Crippen LogP contribution is 2.30. The molecule has 0 radical (unpaired) electrons. The van der Waals surface area contributed by atoms with Crippen LogP contribution in [0.15, 0.2) is 58.4 Å². The van der Waals surface area contributed by atoms with Gasteiger partial charge in [0, 0.05) is 37.6 Å². The van der Waals surface area contributed by atoms with Gasteiger partial charge in [-0.2, -0.15) is 0 Å². The zero-order chi connectivity index (χ0) is 17.6. The fraction of sp³-hybridized carbons (Fsp3) is 0.111. The maximum absolute atomic E-state index is 12.5. The van der Waals surface area contributed by atoms with Crippen LogP contribution in [0.4, 0.5) is 0 Å². The number of nitrogens with one attached hydrogen (secondary N) is 1. The lowest BCUT2D eigenvalue weighted by Crippen LogP contribution is -2.37. The summed E-state index contributed by atoms with van der Waals surface area (Å²) in [6, 6.07) is 11.3. The van der Waals surface area contributed by atoms with E-state index in [4.69, 9.17) is 0 Å². The van der Waals surface area contributed by atoms with Crippen LogP contribution in [0.2, 0.25) is 0 Å². The van der Waals surface area contributed by atoms with E-state index in [2.05, 4.69) is 15.0 Å². The summed E-state index contributed by atoms with van der Waals surface area (Å²) in [5.41, 5.74) is 1.81. The van der Waals surface area contributed by atoms with Crippen molar-refractivity contribution in [3.8, 4) is 22.6 Å². The van der Waals surface area contributed by atoms with Gasteiger partial charge in [-0.3, -0.25) is 13.9 Å². The van der Waals surface area contributed by atoms with E-state index >= 15 is 0 Å². The van der Waals surface area contributed by atoms with Gasteiger partial charge in [0.1, 0.15) is 11.5 Å². The second kappa shape index (κ2) is 5.55. The standard InChI is InChI=1S/C18H15N5O2/c1-22-16-13(17(24)23(2)18(22)25)10-12(15-19-8-9-20-15)14(21-16)11-6-4-3-5-7-11/h3-10H,1-2H3,(H,19,20). The van der Waals surface area contributed by atoms with Crippen LogP contribution in [0.1, 0.15) is 0 Å². The molecule has 7 nitrogen and oxygen atoms in total. The number of hydrogen-bond acceptors (Lipinski definition) is 4. The van der Waals surface area contributed by atoms with Crippen molar-refractivity contribution in [2.45, 2.75) is 0 Å². The highest BCUT2D eigenvalue weighted by molar-refractivity contribution is 5.88. The molecule has 0 saturated carbocycles. The second-order valence-electron chi connectivity index (χ2n) is 5.77. The first kappa shape index (κ1) is 15.1. The molecule has 25 heavy (non-hydrogen) atoms. The van der Waals surface area contributed by atoms with Crippen molar-refractivity contribution in [1.29, 1.82) is 0 Å². The van der Waals surface area contributed by atoms with Crippen LogP contribution in [0.3, 0.4) is 0 Å². The van der Waals surface area contributed by atoms with Gasteiger partial charge in [-0.15, -0.1) is 0 Å². The molecule has 124 valence electrons. The first-order valence-electron chi connectivity index (χ1n) is 7.74. The van der Waals surface area contributed by atoms with Crippen molar-refractivity contribution in [2.75, 3.05) is 0 Å². The lowest BCUT2D eigenvalue weighted by Gasteiger charge is -2.12. The molecule has 1 aromatic carbocycles. The SMILES string of the molecule is Cn1c(=O)c2cc(-c3ncc[nH]3)c(-c3ccccc3)nc2n(C)c1=O. The second-order valence-corrected chi connectivity index (χ2v) is 5.77. The van der Waals surface area contributed by atoms with Crippen molar-refractivity contribution in [3.05, 3.63) is 69.6 Å². The molecule has 1 N–H and O–H groups in total. The third kappa shape index (κ3) is 2.28. The molecule has 0 bridgehead atoms. The Balaban J connectivity index is 2.18. The zero-order valence-electron chi connectivity index (χ0n) is 13.7. The number of rotatable bonds is 2. The lowest BCUT2D eigenvalue weighted by atomic mass is 10.0. The zero-order valence-corrected chi connectivity index (χ0v) is 13.7. The molecule has 3 aromatic heterocycles. The molecule has 0 aliphatic heterocycles. The van der Waals surface area contributed by atoms with Crippen LogP contribution < -0.4 is 11.2 Å². The molecule has 0 saturated heterocycles. The van der Waals surface area contributed by atoms with Crippen LogP contribution in [0.5, 0.6) is 0 Å². The Morgan fingerprint density at radius 1 is 1.04 bits per heavy atom. The Kier molecular flexibility index (Phi) is 3.35. The summed E-state index contributed by atoms with van der Waals surface area (Å²) in [4.78, 5) is 36.8. The molecular formula is C18H15N5O2. The molecule has 0 aliphatic rings. The summed E-state index contributed by atoms with van der Waals surface area (Å²) in [5.74, 6) is 0.615. The predicted molar refractivity (Wildman–Crippen MR) is 95.2 cm³/mol. The molecule has 0 amide bonds. The third-order valence-electron chi connectivity index (χ3n) is 4.23. The summed E-state index contributed by atoms with van der Waals surface area (Å²) in [7, 11) is 3.07. The highest BCUT2D eigenvalue weighted by Gasteiger charge is 2.17. The average molecular weight is 333 g/mol. The van der Waals surface area contributed by atoms with E-state index in [0.29, 0.717) is 28.1 Å². The third-order valence-corrected chi connectivity index (χ3v) is 4.23. The van der Waals surface area contributed by atoms with E-state index in [1.54, 1.807) is 25.5 Å². The Labute approximate surface area is 142 Å². The quantitative estimate of drug-likeness (QED) is 0.605. The smallest absolute Gasteiger partial charge is 0.332 e. The van der Waals surface area contributed by atoms with E-state index in [1.807, 2.05) is 30.3 Å². The van der Waals surface area contributed by atoms with Crippen molar-refractivity contribution in [1.82, 2.24) is 24.1 Å². The number of H-pyrrole nitrogens is 1. The molecule has 0 aliphatic carbocycles. The molecule has 0 fully saturated rings. The Morgan fingerprint density at radius 3 is 2.48 bits per heavy atom. The van der Waals surface area contributed by atoms with Gasteiger partial charge in [-0.25, -0.2) is 14.8 Å². The van der Waals surface area contributed by atoms with E-state index in [1.165, 1.54) is 11.6 Å². The van der Waals surface area contributed by atoms with Crippen LogP contribution in [-0.4, -0.2) is 24.1 Å². The van der Waals surface area contributed by atoms with Crippen molar-refractivity contribution >= 4 is 11.0 Å². The fourth-order valence-electron chi connectivity index (χ4n) is 2.91. The Hall–Kier alpha value is -3.48. The molecule has 4 aromatic rings. The van der Waals surface area contributed by atoms with Gasteiger partial charge in [0.25, 0.3) is 5.56 Å². The number of hydrogen-bond donors (Lipinski definition) is 1. The average Bonchev–Trinajstić information content (AvgIpc) is 3.19. The minimum absolute atomic E-state index is 0.349. The summed E-state index contributed by atoms with van der Waals surface area (Å²) in [6.45, 7) is 0. The van der Waals surface area contributed by atoms with Crippen LogP contribution in [0.25, 0.3) is 33.7 Å². The summed E-state index contributed by atoms with van der Waals surface area (Å²) >= 11 is 0. The van der Waals surface area contributed by atoms with Crippen LogP contribution in [-0.2, 0) is 14.1 Å². The van der Waals surface area contributed by atoms with Crippen molar-refractivity contribution < 1.29 is 0 Å². The Morgan fingerprint density at radius 2 is 1.80 bits per heavy atom. The van der Waals surface area contributed by atoms with Gasteiger partial charge in [0.05, 0.1) is 11.1 Å². The number of aromatic nitrogens is 5. The van der Waals surface area contributed by atoms with Gasteiger partial charge < -0.3 is 4.98 Å². The van der Waals surface area contributed by atoms with Gasteiger partial charge >= 0.3 is 5.69 Å². The number of aromatic amines is 1. The molecule has 0 unspecified atom stereocenters. The number of fused-ring (bicyclic) bond motifs is 1. The van der Waals surface area contributed by atoms with Gasteiger partial charge in [0.15, 0.2) is 0 Å². The molecule has 7 heteroatoms. The molecule has 4 rings (SSSR count). The maximum Gasteiger partial charge on any atom is 0.332 e. The molecule has 0 spiro atoms. The van der Waals surface area contributed by atoms with Crippen LogP contribution >= 0.6 is 0 Å². The summed E-state index contributed by atoms with van der Waals surface area (Å²) in [6.07, 6.45) is 3.36. The first-order valence-corrected chi connectivity index (χ1v) is 7.74. The first-order chi connectivity index (χ1) is 12.1. The lowest BCUT2D eigenvalue weighted by molar-refractivity contribution is 0.708. The number of nitrogens with zero attached hydrogens (tertiary/aromatic N) is 4. The number of aryl methyl sites for hydroxylation is 1. The van der Waals surface area contributed by atoms with Crippen molar-refractivity contribution in [2.24, 2.45) is 14.1 Å². The molecular weight excluding hydrogens is 318 g/mol. The number of benzene rings is 1. The molecule has 3 heterocycles. The monoisotopic (exact) mass is 333 g/mol. The number of pyridine rings is 1. The van der Waals surface area contributed by atoms with E-state index in [0.717, 1.165) is 10.1 Å². The number of imidazole rings is 1. The normalized spacial score (nSPS) is 11.1. The fourth-order valence-corrected chi connectivity index (χ4v) is 2.91. The largest absolute Gasteiger partial charge is 0.345 e. The molecule has 0 atom stereocenters. The van der Waals surface area contributed by atoms with Gasteiger partial charge in [0.2, 0.25) is 0 Å². The van der Waals surface area contributed by atoms with Gasteiger partial charge in [-0.1, -0.05) is 30.3 Å².